The van der Waals surface area contributed by atoms with Crippen molar-refractivity contribution < 1.29 is 14.3 Å². The van der Waals surface area contributed by atoms with Crippen molar-refractivity contribution in [2.45, 2.75) is 32.7 Å². The molecule has 2 amide bonds. The van der Waals surface area contributed by atoms with Gasteiger partial charge in [-0.15, -0.1) is 0 Å². The van der Waals surface area contributed by atoms with Crippen LogP contribution in [0.25, 0.3) is 0 Å². The molecule has 6 heteroatoms. The molecule has 0 spiro atoms. The van der Waals surface area contributed by atoms with Gasteiger partial charge in [-0.3, -0.25) is 9.59 Å². The lowest BCUT2D eigenvalue weighted by Crippen LogP contribution is -2.47. The number of nitrogens with two attached hydrogens (primary N) is 2. The first-order valence-electron chi connectivity index (χ1n) is 5.63. The fourth-order valence-corrected chi connectivity index (χ4v) is 1.10. The summed E-state index contributed by atoms with van der Waals surface area (Å²) in [5, 5.41) is 2.63. The van der Waals surface area contributed by atoms with Crippen molar-refractivity contribution >= 4 is 11.8 Å². The number of ether oxygens (including phenoxy) is 1. The molecule has 1 unspecified atom stereocenters. The van der Waals surface area contributed by atoms with Gasteiger partial charge in [-0.1, -0.05) is 0 Å². The van der Waals surface area contributed by atoms with Gasteiger partial charge in [-0.2, -0.15) is 0 Å². The summed E-state index contributed by atoms with van der Waals surface area (Å²) in [5.41, 5.74) is 10.1. The highest BCUT2D eigenvalue weighted by Crippen LogP contribution is 2.11. The fraction of sp³-hybridized carbons (Fsp3) is 0.818. The average molecular weight is 245 g/mol. The van der Waals surface area contributed by atoms with Crippen LogP contribution in [-0.2, 0) is 14.3 Å². The van der Waals surface area contributed by atoms with E-state index in [0.717, 1.165) is 6.42 Å². The van der Waals surface area contributed by atoms with Crippen molar-refractivity contribution in [1.82, 2.24) is 5.32 Å². The van der Waals surface area contributed by atoms with Gasteiger partial charge in [0, 0.05) is 20.3 Å². The molecule has 0 aromatic rings. The van der Waals surface area contributed by atoms with Gasteiger partial charge in [-0.05, 0) is 26.7 Å². The Hall–Kier alpha value is -1.14. The molecule has 0 aromatic heterocycles. The first kappa shape index (κ1) is 15.9. The lowest BCUT2D eigenvalue weighted by Gasteiger charge is -2.22. The minimum atomic E-state index is -0.762. The summed E-state index contributed by atoms with van der Waals surface area (Å²) in [6.45, 7) is 4.12. The Morgan fingerprint density at radius 1 is 1.41 bits per heavy atom. The number of methoxy groups -OCH3 is 1. The summed E-state index contributed by atoms with van der Waals surface area (Å²) in [6.07, 6.45) is 1.28. The smallest absolute Gasteiger partial charge is 0.236 e. The van der Waals surface area contributed by atoms with Crippen molar-refractivity contribution in [3.8, 4) is 0 Å². The van der Waals surface area contributed by atoms with Crippen LogP contribution in [0.3, 0.4) is 0 Å². The van der Waals surface area contributed by atoms with Gasteiger partial charge < -0.3 is 21.5 Å². The normalized spacial score (nSPS) is 13.2. The van der Waals surface area contributed by atoms with Crippen LogP contribution in [-0.4, -0.2) is 38.1 Å². The molecule has 0 aliphatic rings. The summed E-state index contributed by atoms with van der Waals surface area (Å²) in [4.78, 5) is 22.6. The van der Waals surface area contributed by atoms with E-state index in [1.54, 1.807) is 21.0 Å². The Morgan fingerprint density at radius 2 is 2.00 bits per heavy atom. The lowest BCUT2D eigenvalue weighted by atomic mass is 9.92. The van der Waals surface area contributed by atoms with Gasteiger partial charge in [0.05, 0.1) is 11.5 Å². The van der Waals surface area contributed by atoms with Crippen molar-refractivity contribution in [2.75, 3.05) is 20.3 Å². The molecule has 17 heavy (non-hydrogen) atoms. The largest absolute Gasteiger partial charge is 0.385 e. The number of carbonyl (C=O) groups is 2. The Balaban J connectivity index is 3.97. The van der Waals surface area contributed by atoms with Gasteiger partial charge >= 0.3 is 0 Å². The van der Waals surface area contributed by atoms with Crippen molar-refractivity contribution in [2.24, 2.45) is 16.9 Å². The highest BCUT2D eigenvalue weighted by Gasteiger charge is 2.26. The Kier molecular flexibility index (Phi) is 6.75. The summed E-state index contributed by atoms with van der Waals surface area (Å²) in [6, 6.07) is -0.575. The standard InChI is InChI=1S/C11H23N3O3/c1-11(2,10(13)16)7-14-9(15)8(12)5-4-6-17-3/h8H,4-7,12H2,1-3H3,(H2,13,16)(H,14,15). The van der Waals surface area contributed by atoms with Gasteiger partial charge in [0.2, 0.25) is 11.8 Å². The van der Waals surface area contributed by atoms with Crippen LogP contribution in [0.1, 0.15) is 26.7 Å². The summed E-state index contributed by atoms with van der Waals surface area (Å²) in [7, 11) is 1.60. The maximum Gasteiger partial charge on any atom is 0.236 e. The van der Waals surface area contributed by atoms with Crippen LogP contribution in [0, 0.1) is 5.41 Å². The highest BCUT2D eigenvalue weighted by molar-refractivity contribution is 5.84. The molecule has 0 radical (unpaired) electrons. The summed E-state index contributed by atoms with van der Waals surface area (Å²) >= 11 is 0. The molecule has 0 fully saturated rings. The highest BCUT2D eigenvalue weighted by atomic mass is 16.5. The Labute approximate surface area is 102 Å². The predicted molar refractivity (Wildman–Crippen MR) is 65.1 cm³/mol. The van der Waals surface area contributed by atoms with Crippen LogP contribution < -0.4 is 16.8 Å². The topological polar surface area (TPSA) is 107 Å². The first-order valence-corrected chi connectivity index (χ1v) is 5.63. The molecule has 1 atom stereocenters. The van der Waals surface area contributed by atoms with Crippen LogP contribution in [0.15, 0.2) is 0 Å². The van der Waals surface area contributed by atoms with E-state index in [0.29, 0.717) is 13.0 Å². The van der Waals surface area contributed by atoms with Crippen molar-refractivity contribution in [3.05, 3.63) is 0 Å². The predicted octanol–water partition coefficient (Wildman–Crippen LogP) is -0.632. The van der Waals surface area contributed by atoms with Gasteiger partial charge in [0.15, 0.2) is 0 Å². The zero-order chi connectivity index (χ0) is 13.5. The second-order valence-electron chi connectivity index (χ2n) is 4.71. The van der Waals surface area contributed by atoms with Crippen LogP contribution in [0.2, 0.25) is 0 Å². The molecule has 0 bridgehead atoms. The molecule has 6 nitrogen and oxygen atoms in total. The van der Waals surface area contributed by atoms with Crippen LogP contribution >= 0.6 is 0 Å². The lowest BCUT2D eigenvalue weighted by molar-refractivity contribution is -0.127. The maximum absolute atomic E-state index is 11.6. The number of hydrogen-bond donors (Lipinski definition) is 3. The number of primary amides is 1. The second kappa shape index (κ2) is 7.24. The average Bonchev–Trinajstić information content (AvgIpc) is 2.26. The van der Waals surface area contributed by atoms with Crippen LogP contribution in [0.4, 0.5) is 0 Å². The Bertz CT molecular complexity index is 267. The van der Waals surface area contributed by atoms with Gasteiger partial charge in [0.25, 0.3) is 0 Å². The number of hydrogen-bond acceptors (Lipinski definition) is 4. The molecular weight excluding hydrogens is 222 g/mol. The summed E-state index contributed by atoms with van der Waals surface area (Å²) in [5.74, 6) is -0.721. The van der Waals surface area contributed by atoms with E-state index in [-0.39, 0.29) is 12.5 Å². The molecular formula is C11H23N3O3. The summed E-state index contributed by atoms with van der Waals surface area (Å²) < 4.78 is 4.87. The molecule has 0 aliphatic heterocycles. The van der Waals surface area contributed by atoms with E-state index in [9.17, 15) is 9.59 Å². The quantitative estimate of drug-likeness (QED) is 0.495. The zero-order valence-corrected chi connectivity index (χ0v) is 10.8. The molecule has 5 N–H and O–H groups in total. The number of carbonyl (C=O) groups excluding carboxylic acids is 2. The van der Waals surface area contributed by atoms with E-state index < -0.39 is 17.4 Å². The third-order valence-electron chi connectivity index (χ3n) is 2.57. The minimum absolute atomic E-state index is 0.194. The third-order valence-corrected chi connectivity index (χ3v) is 2.57. The van der Waals surface area contributed by atoms with E-state index in [1.807, 2.05) is 0 Å². The molecule has 0 saturated heterocycles. The third kappa shape index (κ3) is 6.23. The number of amides is 2. The molecule has 0 heterocycles. The molecule has 0 rings (SSSR count). The minimum Gasteiger partial charge on any atom is -0.385 e. The van der Waals surface area contributed by atoms with E-state index in [4.69, 9.17) is 16.2 Å². The first-order chi connectivity index (χ1) is 7.81. The fourth-order valence-electron chi connectivity index (χ4n) is 1.10. The Morgan fingerprint density at radius 3 is 2.47 bits per heavy atom. The van der Waals surface area contributed by atoms with Gasteiger partial charge in [0.1, 0.15) is 0 Å². The van der Waals surface area contributed by atoms with E-state index in [2.05, 4.69) is 5.32 Å². The number of nitrogens with one attached hydrogen (secondary N) is 1. The van der Waals surface area contributed by atoms with Gasteiger partial charge in [-0.25, -0.2) is 0 Å². The SMILES string of the molecule is COCCCC(N)C(=O)NCC(C)(C)C(N)=O. The molecule has 0 saturated carbocycles. The molecule has 0 aliphatic carbocycles. The molecule has 0 aromatic carbocycles. The van der Waals surface area contributed by atoms with Crippen molar-refractivity contribution in [3.63, 3.8) is 0 Å². The van der Waals surface area contributed by atoms with Crippen molar-refractivity contribution in [1.29, 1.82) is 0 Å². The van der Waals surface area contributed by atoms with E-state index >= 15 is 0 Å². The number of rotatable bonds is 8. The second-order valence-corrected chi connectivity index (χ2v) is 4.71. The van der Waals surface area contributed by atoms with E-state index in [1.165, 1.54) is 0 Å². The molecule has 100 valence electrons. The monoisotopic (exact) mass is 245 g/mol. The maximum atomic E-state index is 11.6. The zero-order valence-electron chi connectivity index (χ0n) is 10.8. The van der Waals surface area contributed by atoms with Crippen LogP contribution in [0.5, 0.6) is 0 Å².